The second kappa shape index (κ2) is 6.83. The Morgan fingerprint density at radius 3 is 2.67 bits per heavy atom. The molecule has 1 fully saturated rings. The Morgan fingerprint density at radius 1 is 1.19 bits per heavy atom. The van der Waals surface area contributed by atoms with Crippen LogP contribution in [0.1, 0.15) is 12.8 Å². The molecule has 0 radical (unpaired) electrons. The fraction of sp³-hybridized carbons (Fsp3) is 0.312. The van der Waals surface area contributed by atoms with Gasteiger partial charge in [0.25, 0.3) is 0 Å². The summed E-state index contributed by atoms with van der Waals surface area (Å²) in [4.78, 5) is 6.76. The summed E-state index contributed by atoms with van der Waals surface area (Å²) in [5.74, 6) is 1.07. The summed E-state index contributed by atoms with van der Waals surface area (Å²) in [6, 6.07) is 12.7. The molecule has 2 aromatic rings. The van der Waals surface area contributed by atoms with Gasteiger partial charge in [-0.2, -0.15) is 0 Å². The average Bonchev–Trinajstić information content (AvgIpc) is 2.52. The molecule has 1 saturated heterocycles. The minimum absolute atomic E-state index is 0.475. The van der Waals surface area contributed by atoms with E-state index in [1.54, 1.807) is 0 Å². The molecule has 1 aliphatic heterocycles. The average molecular weight is 414 g/mol. The molecule has 21 heavy (non-hydrogen) atoms. The fourth-order valence-electron chi connectivity index (χ4n) is 2.62. The van der Waals surface area contributed by atoms with Crippen molar-refractivity contribution in [1.29, 1.82) is 0 Å². The van der Waals surface area contributed by atoms with E-state index < -0.39 is 0 Å². The molecule has 2 heterocycles. The van der Waals surface area contributed by atoms with E-state index in [9.17, 15) is 0 Å². The van der Waals surface area contributed by atoms with Crippen molar-refractivity contribution >= 4 is 45.7 Å². The van der Waals surface area contributed by atoms with Crippen molar-refractivity contribution in [1.82, 2.24) is 4.98 Å². The van der Waals surface area contributed by atoms with Gasteiger partial charge in [-0.05, 0) is 65.8 Å². The lowest BCUT2D eigenvalue weighted by molar-refractivity contribution is 0.523. The highest BCUT2D eigenvalue weighted by molar-refractivity contribution is 14.1. The molecule has 3 nitrogen and oxygen atoms in total. The third kappa shape index (κ3) is 3.80. The third-order valence-electron chi connectivity index (χ3n) is 3.76. The maximum absolute atomic E-state index is 6.29. The van der Waals surface area contributed by atoms with Gasteiger partial charge in [-0.25, -0.2) is 4.98 Å². The molecule has 0 atom stereocenters. The van der Waals surface area contributed by atoms with E-state index in [4.69, 9.17) is 11.6 Å². The Bertz CT molecular complexity index is 598. The Labute approximate surface area is 143 Å². The number of pyridine rings is 1. The van der Waals surface area contributed by atoms with Gasteiger partial charge in [0.2, 0.25) is 0 Å². The van der Waals surface area contributed by atoms with Crippen molar-refractivity contribution in [3.8, 4) is 0 Å². The number of halogens is 2. The Hall–Kier alpha value is -1.01. The van der Waals surface area contributed by atoms with E-state index in [2.05, 4.69) is 56.0 Å². The van der Waals surface area contributed by atoms with Crippen LogP contribution in [0.25, 0.3) is 0 Å². The van der Waals surface area contributed by atoms with Crippen LogP contribution >= 0.6 is 34.2 Å². The number of benzene rings is 1. The first-order valence-electron chi connectivity index (χ1n) is 7.10. The SMILES string of the molecule is Clc1cc(I)ccc1NC1CCN(c2ccccn2)CC1. The Balaban J connectivity index is 1.59. The second-order valence-corrected chi connectivity index (χ2v) is 6.87. The van der Waals surface area contributed by atoms with E-state index in [-0.39, 0.29) is 0 Å². The van der Waals surface area contributed by atoms with Crippen LogP contribution in [-0.4, -0.2) is 24.1 Å². The summed E-state index contributed by atoms with van der Waals surface area (Å²) >= 11 is 8.56. The number of hydrogen-bond donors (Lipinski definition) is 1. The standard InChI is InChI=1S/C16H17ClIN3/c17-14-11-12(18)4-5-15(14)20-13-6-9-21(10-7-13)16-3-1-2-8-19-16/h1-5,8,11,13,20H,6-7,9-10H2. The van der Waals surface area contributed by atoms with Gasteiger partial charge in [0.05, 0.1) is 10.7 Å². The number of anilines is 2. The summed E-state index contributed by atoms with van der Waals surface area (Å²) < 4.78 is 1.16. The molecule has 3 rings (SSSR count). The van der Waals surface area contributed by atoms with E-state index >= 15 is 0 Å². The van der Waals surface area contributed by atoms with E-state index in [1.807, 2.05) is 24.4 Å². The van der Waals surface area contributed by atoms with E-state index in [0.29, 0.717) is 6.04 Å². The largest absolute Gasteiger partial charge is 0.381 e. The fourth-order valence-corrected chi connectivity index (χ4v) is 3.53. The number of aromatic nitrogens is 1. The van der Waals surface area contributed by atoms with Crippen molar-refractivity contribution in [2.75, 3.05) is 23.3 Å². The molecule has 1 aromatic heterocycles. The van der Waals surface area contributed by atoms with Gasteiger partial charge in [-0.3, -0.25) is 0 Å². The zero-order valence-corrected chi connectivity index (χ0v) is 14.5. The summed E-state index contributed by atoms with van der Waals surface area (Å²) in [5, 5.41) is 4.37. The molecular formula is C16H17ClIN3. The van der Waals surface area contributed by atoms with Crippen molar-refractivity contribution in [2.24, 2.45) is 0 Å². The normalized spacial score (nSPS) is 16.0. The molecule has 1 aliphatic rings. The van der Waals surface area contributed by atoms with Crippen LogP contribution in [-0.2, 0) is 0 Å². The highest BCUT2D eigenvalue weighted by Gasteiger charge is 2.20. The lowest BCUT2D eigenvalue weighted by atomic mass is 10.0. The first-order chi connectivity index (χ1) is 10.2. The molecular weight excluding hydrogens is 397 g/mol. The summed E-state index contributed by atoms with van der Waals surface area (Å²) in [5.41, 5.74) is 1.04. The number of nitrogens with zero attached hydrogens (tertiary/aromatic N) is 2. The van der Waals surface area contributed by atoms with Gasteiger partial charge in [-0.1, -0.05) is 17.7 Å². The van der Waals surface area contributed by atoms with E-state index in [1.165, 1.54) is 0 Å². The van der Waals surface area contributed by atoms with Gasteiger partial charge in [-0.15, -0.1) is 0 Å². The minimum Gasteiger partial charge on any atom is -0.381 e. The molecule has 1 aromatic carbocycles. The predicted octanol–water partition coefficient (Wildman–Crippen LogP) is 4.42. The van der Waals surface area contributed by atoms with Crippen molar-refractivity contribution in [3.05, 3.63) is 51.2 Å². The van der Waals surface area contributed by atoms with Crippen LogP contribution in [0.2, 0.25) is 5.02 Å². The summed E-state index contributed by atoms with van der Waals surface area (Å²) in [6.07, 6.45) is 4.04. The van der Waals surface area contributed by atoms with Crippen molar-refractivity contribution in [3.63, 3.8) is 0 Å². The van der Waals surface area contributed by atoms with Crippen LogP contribution in [0.5, 0.6) is 0 Å². The lowest BCUT2D eigenvalue weighted by Gasteiger charge is -2.33. The first kappa shape index (κ1) is 14.9. The number of nitrogens with one attached hydrogen (secondary N) is 1. The number of piperidine rings is 1. The molecule has 110 valence electrons. The monoisotopic (exact) mass is 413 g/mol. The minimum atomic E-state index is 0.475. The lowest BCUT2D eigenvalue weighted by Crippen LogP contribution is -2.39. The molecule has 0 unspecified atom stereocenters. The van der Waals surface area contributed by atoms with Crippen LogP contribution in [0, 0.1) is 3.57 Å². The number of hydrogen-bond acceptors (Lipinski definition) is 3. The Kier molecular flexibility index (Phi) is 4.85. The van der Waals surface area contributed by atoms with Crippen LogP contribution in [0.4, 0.5) is 11.5 Å². The zero-order chi connectivity index (χ0) is 14.7. The quantitative estimate of drug-likeness (QED) is 0.755. The van der Waals surface area contributed by atoms with Crippen molar-refractivity contribution in [2.45, 2.75) is 18.9 Å². The highest BCUT2D eigenvalue weighted by Crippen LogP contribution is 2.27. The predicted molar refractivity (Wildman–Crippen MR) is 97.3 cm³/mol. The summed E-state index contributed by atoms with van der Waals surface area (Å²) in [7, 11) is 0. The zero-order valence-electron chi connectivity index (χ0n) is 11.6. The third-order valence-corrected chi connectivity index (χ3v) is 4.74. The maximum atomic E-state index is 6.29. The van der Waals surface area contributed by atoms with Crippen LogP contribution in [0.3, 0.4) is 0 Å². The first-order valence-corrected chi connectivity index (χ1v) is 8.55. The van der Waals surface area contributed by atoms with Gasteiger partial charge < -0.3 is 10.2 Å². The molecule has 0 spiro atoms. The molecule has 0 saturated carbocycles. The van der Waals surface area contributed by atoms with E-state index in [0.717, 1.165) is 46.0 Å². The van der Waals surface area contributed by atoms with Gasteiger partial charge >= 0.3 is 0 Å². The van der Waals surface area contributed by atoms with Crippen LogP contribution in [0.15, 0.2) is 42.6 Å². The maximum Gasteiger partial charge on any atom is 0.128 e. The molecule has 5 heteroatoms. The second-order valence-electron chi connectivity index (χ2n) is 5.22. The molecule has 0 bridgehead atoms. The van der Waals surface area contributed by atoms with Crippen LogP contribution < -0.4 is 10.2 Å². The Morgan fingerprint density at radius 2 is 2.00 bits per heavy atom. The number of rotatable bonds is 3. The van der Waals surface area contributed by atoms with Gasteiger partial charge in [0.1, 0.15) is 5.82 Å². The van der Waals surface area contributed by atoms with Gasteiger partial charge in [0.15, 0.2) is 0 Å². The smallest absolute Gasteiger partial charge is 0.128 e. The highest BCUT2D eigenvalue weighted by atomic mass is 127. The topological polar surface area (TPSA) is 28.2 Å². The van der Waals surface area contributed by atoms with Crippen molar-refractivity contribution < 1.29 is 0 Å². The van der Waals surface area contributed by atoms with Gasteiger partial charge in [0, 0.05) is 28.9 Å². The molecule has 0 aliphatic carbocycles. The molecule has 0 amide bonds. The molecule has 1 N–H and O–H groups in total. The summed E-state index contributed by atoms with van der Waals surface area (Å²) in [6.45, 7) is 2.05.